The van der Waals surface area contributed by atoms with Crippen LogP contribution in [0.5, 0.6) is 0 Å². The van der Waals surface area contributed by atoms with Crippen molar-refractivity contribution in [3.63, 3.8) is 0 Å². The van der Waals surface area contributed by atoms with Crippen LogP contribution in [0.2, 0.25) is 5.02 Å². The van der Waals surface area contributed by atoms with Crippen molar-refractivity contribution < 1.29 is 14.3 Å². The summed E-state index contributed by atoms with van der Waals surface area (Å²) in [7, 11) is 0. The Bertz CT molecular complexity index is 1090. The highest BCUT2D eigenvalue weighted by Gasteiger charge is 2.25. The Morgan fingerprint density at radius 3 is 2.53 bits per heavy atom. The standard InChI is InChI=1S/C26H33ClN6O3/c1-26(2,3)36-25(35)33(17-18-7-5-4-6-8-18)12-11-19-9-10-20(13-22(19)27)31-24(34)32-23-16-29-21(14-28)15-30-23/h9-10,13,15-16,18H,4-8,11-12,17H2,1-3H3,(H2,30,31,32,34). The van der Waals surface area contributed by atoms with Crippen molar-refractivity contribution in [1.29, 1.82) is 5.26 Å². The molecule has 1 aliphatic carbocycles. The molecule has 0 atom stereocenters. The summed E-state index contributed by atoms with van der Waals surface area (Å²) in [4.78, 5) is 34.8. The van der Waals surface area contributed by atoms with Crippen molar-refractivity contribution >= 4 is 35.2 Å². The van der Waals surface area contributed by atoms with E-state index < -0.39 is 11.6 Å². The van der Waals surface area contributed by atoms with Gasteiger partial charge in [-0.3, -0.25) is 5.32 Å². The van der Waals surface area contributed by atoms with E-state index in [1.54, 1.807) is 17.0 Å². The Morgan fingerprint density at radius 1 is 1.17 bits per heavy atom. The minimum absolute atomic E-state index is 0.160. The minimum atomic E-state index is -0.559. The zero-order chi connectivity index (χ0) is 26.1. The first-order valence-electron chi connectivity index (χ1n) is 12.2. The zero-order valence-electron chi connectivity index (χ0n) is 21.0. The van der Waals surface area contributed by atoms with Gasteiger partial charge in [0.25, 0.3) is 0 Å². The summed E-state index contributed by atoms with van der Waals surface area (Å²) in [6.45, 7) is 6.80. The van der Waals surface area contributed by atoms with Crippen LogP contribution in [-0.4, -0.2) is 45.7 Å². The number of carbonyl (C=O) groups is 2. The fourth-order valence-corrected chi connectivity index (χ4v) is 4.35. The van der Waals surface area contributed by atoms with Crippen LogP contribution < -0.4 is 10.6 Å². The Morgan fingerprint density at radius 2 is 1.92 bits per heavy atom. The topological polar surface area (TPSA) is 120 Å². The molecule has 1 heterocycles. The summed E-state index contributed by atoms with van der Waals surface area (Å²) < 4.78 is 5.66. The number of amides is 3. The third-order valence-electron chi connectivity index (χ3n) is 5.83. The first kappa shape index (κ1) is 27.2. The van der Waals surface area contributed by atoms with Gasteiger partial charge in [0, 0.05) is 23.8 Å². The summed E-state index contributed by atoms with van der Waals surface area (Å²) in [5.41, 5.74) is 0.982. The largest absolute Gasteiger partial charge is 0.444 e. The van der Waals surface area contributed by atoms with Gasteiger partial charge in [0.05, 0.1) is 12.4 Å². The van der Waals surface area contributed by atoms with Crippen LogP contribution in [-0.2, 0) is 11.2 Å². The average Bonchev–Trinajstić information content (AvgIpc) is 2.82. The molecule has 192 valence electrons. The van der Waals surface area contributed by atoms with Crippen molar-refractivity contribution in [2.45, 2.75) is 64.9 Å². The SMILES string of the molecule is CC(C)(C)OC(=O)N(CCc1ccc(NC(=O)Nc2cnc(C#N)cn2)cc1Cl)CC1CCCCC1. The highest BCUT2D eigenvalue weighted by Crippen LogP contribution is 2.26. The summed E-state index contributed by atoms with van der Waals surface area (Å²) in [6.07, 6.45) is 8.79. The van der Waals surface area contributed by atoms with Crippen LogP contribution >= 0.6 is 11.6 Å². The van der Waals surface area contributed by atoms with Gasteiger partial charge in [0.1, 0.15) is 11.7 Å². The van der Waals surface area contributed by atoms with E-state index in [9.17, 15) is 9.59 Å². The van der Waals surface area contributed by atoms with Gasteiger partial charge in [-0.05, 0) is 63.6 Å². The van der Waals surface area contributed by atoms with E-state index in [2.05, 4.69) is 20.6 Å². The minimum Gasteiger partial charge on any atom is -0.444 e. The van der Waals surface area contributed by atoms with Gasteiger partial charge in [0.2, 0.25) is 0 Å². The number of aromatic nitrogens is 2. The lowest BCUT2D eigenvalue weighted by Crippen LogP contribution is -2.41. The Hall–Kier alpha value is -3.38. The molecule has 2 N–H and O–H groups in total. The van der Waals surface area contributed by atoms with Crippen LogP contribution in [0.15, 0.2) is 30.6 Å². The van der Waals surface area contributed by atoms with Crippen molar-refractivity contribution in [3.8, 4) is 6.07 Å². The molecule has 1 aliphatic rings. The molecule has 3 amide bonds. The van der Waals surface area contributed by atoms with E-state index in [1.807, 2.05) is 32.9 Å². The number of halogens is 1. The number of nitriles is 1. The van der Waals surface area contributed by atoms with Crippen LogP contribution in [0.4, 0.5) is 21.1 Å². The van der Waals surface area contributed by atoms with Gasteiger partial charge in [-0.2, -0.15) is 5.26 Å². The Balaban J connectivity index is 1.59. The lowest BCUT2D eigenvalue weighted by Gasteiger charge is -2.32. The van der Waals surface area contributed by atoms with Gasteiger partial charge in [0.15, 0.2) is 11.5 Å². The second-order valence-electron chi connectivity index (χ2n) is 9.96. The molecular formula is C26H33ClN6O3. The van der Waals surface area contributed by atoms with Gasteiger partial charge in [-0.25, -0.2) is 19.6 Å². The van der Waals surface area contributed by atoms with Crippen molar-refractivity contribution in [3.05, 3.63) is 46.9 Å². The lowest BCUT2D eigenvalue weighted by molar-refractivity contribution is 0.0210. The van der Waals surface area contributed by atoms with E-state index >= 15 is 0 Å². The molecule has 0 unspecified atom stereocenters. The van der Waals surface area contributed by atoms with E-state index in [0.717, 1.165) is 18.4 Å². The van der Waals surface area contributed by atoms with Gasteiger partial charge in [-0.1, -0.05) is 36.9 Å². The fraction of sp³-hybridized carbons (Fsp3) is 0.500. The molecule has 1 aromatic heterocycles. The van der Waals surface area contributed by atoms with Gasteiger partial charge in [-0.15, -0.1) is 0 Å². The number of benzene rings is 1. The molecule has 0 radical (unpaired) electrons. The third-order valence-corrected chi connectivity index (χ3v) is 6.18. The molecule has 0 spiro atoms. The predicted octanol–water partition coefficient (Wildman–Crippen LogP) is 6.01. The number of urea groups is 1. The summed E-state index contributed by atoms with van der Waals surface area (Å²) in [6, 6.07) is 6.62. The van der Waals surface area contributed by atoms with E-state index in [1.165, 1.54) is 31.7 Å². The van der Waals surface area contributed by atoms with Crippen molar-refractivity contribution in [1.82, 2.24) is 14.9 Å². The molecule has 1 saturated carbocycles. The number of nitrogens with zero attached hydrogens (tertiary/aromatic N) is 4. The molecule has 3 rings (SSSR count). The highest BCUT2D eigenvalue weighted by atomic mass is 35.5. The number of carbonyl (C=O) groups excluding carboxylic acids is 2. The predicted molar refractivity (Wildman–Crippen MR) is 139 cm³/mol. The highest BCUT2D eigenvalue weighted by molar-refractivity contribution is 6.31. The number of hydrogen-bond donors (Lipinski definition) is 2. The normalized spacial score (nSPS) is 14.0. The van der Waals surface area contributed by atoms with Crippen LogP contribution in [0.3, 0.4) is 0 Å². The second-order valence-corrected chi connectivity index (χ2v) is 10.4. The number of ether oxygens (including phenoxy) is 1. The van der Waals surface area contributed by atoms with E-state index in [4.69, 9.17) is 21.6 Å². The molecule has 10 heteroatoms. The zero-order valence-corrected chi connectivity index (χ0v) is 21.8. The molecule has 1 aromatic carbocycles. The molecule has 0 aliphatic heterocycles. The molecule has 36 heavy (non-hydrogen) atoms. The van der Waals surface area contributed by atoms with Gasteiger partial charge >= 0.3 is 12.1 Å². The second kappa shape index (κ2) is 12.5. The summed E-state index contributed by atoms with van der Waals surface area (Å²) >= 11 is 6.51. The number of hydrogen-bond acceptors (Lipinski definition) is 6. The van der Waals surface area contributed by atoms with Crippen LogP contribution in [0, 0.1) is 17.2 Å². The maximum absolute atomic E-state index is 12.9. The number of rotatable bonds is 7. The molecular weight excluding hydrogens is 480 g/mol. The molecule has 0 bridgehead atoms. The Kier molecular flexibility index (Phi) is 9.48. The maximum Gasteiger partial charge on any atom is 0.410 e. The molecule has 2 aromatic rings. The quantitative estimate of drug-likeness (QED) is 0.469. The van der Waals surface area contributed by atoms with Crippen LogP contribution in [0.25, 0.3) is 0 Å². The molecule has 9 nitrogen and oxygen atoms in total. The maximum atomic E-state index is 12.9. The smallest absolute Gasteiger partial charge is 0.410 e. The Labute approximate surface area is 217 Å². The van der Waals surface area contributed by atoms with E-state index in [0.29, 0.717) is 36.1 Å². The summed E-state index contributed by atoms with van der Waals surface area (Å²) in [5.74, 6) is 0.710. The first-order valence-corrected chi connectivity index (χ1v) is 12.6. The van der Waals surface area contributed by atoms with Gasteiger partial charge < -0.3 is 15.0 Å². The first-order chi connectivity index (χ1) is 17.1. The van der Waals surface area contributed by atoms with Crippen molar-refractivity contribution in [2.24, 2.45) is 5.92 Å². The number of anilines is 2. The van der Waals surface area contributed by atoms with E-state index in [-0.39, 0.29) is 17.6 Å². The fourth-order valence-electron chi connectivity index (χ4n) is 4.08. The number of nitrogens with one attached hydrogen (secondary N) is 2. The summed E-state index contributed by atoms with van der Waals surface area (Å²) in [5, 5.41) is 14.5. The molecule has 0 saturated heterocycles. The third kappa shape index (κ3) is 8.68. The lowest BCUT2D eigenvalue weighted by atomic mass is 9.89. The van der Waals surface area contributed by atoms with Crippen LogP contribution in [0.1, 0.15) is 64.1 Å². The van der Waals surface area contributed by atoms with Crippen molar-refractivity contribution in [2.75, 3.05) is 23.7 Å². The average molecular weight is 513 g/mol. The molecule has 1 fully saturated rings. The monoisotopic (exact) mass is 512 g/mol.